The van der Waals surface area contributed by atoms with E-state index in [0.29, 0.717) is 38.1 Å². The Kier molecular flexibility index (Phi) is 25.2. The van der Waals surface area contributed by atoms with E-state index >= 15 is 0 Å². The Morgan fingerprint density at radius 1 is 0.676 bits per heavy atom. The van der Waals surface area contributed by atoms with Crippen molar-refractivity contribution in [2.24, 2.45) is 11.8 Å². The summed E-state index contributed by atoms with van der Waals surface area (Å²) in [5, 5.41) is 1.06. The minimum atomic E-state index is -0.219. The van der Waals surface area contributed by atoms with Crippen LogP contribution in [0, 0.1) is 11.8 Å². The highest BCUT2D eigenvalue weighted by Crippen LogP contribution is 2.16. The number of esters is 1. The maximum absolute atomic E-state index is 12.0. The zero-order valence-corrected chi connectivity index (χ0v) is 26.7. The molecule has 0 aromatic heterocycles. The van der Waals surface area contributed by atoms with E-state index in [9.17, 15) is 4.79 Å². The lowest BCUT2D eigenvalue weighted by Crippen LogP contribution is -2.21. The molecule has 0 amide bonds. The Morgan fingerprint density at radius 3 is 1.70 bits per heavy atom. The molecule has 0 fully saturated rings. The van der Waals surface area contributed by atoms with E-state index in [0.717, 1.165) is 56.7 Å². The second-order valence-electron chi connectivity index (χ2n) is 11.2. The van der Waals surface area contributed by atoms with Crippen LogP contribution in [-0.2, 0) is 19.0 Å². The average Bonchev–Trinajstić information content (AvgIpc) is 2.83. The van der Waals surface area contributed by atoms with E-state index in [1.807, 2.05) is 0 Å². The van der Waals surface area contributed by atoms with Gasteiger partial charge in [-0.15, -0.1) is 0 Å². The molecule has 0 spiro atoms. The molecule has 0 radical (unpaired) electrons. The Labute approximate surface area is 238 Å². The van der Waals surface area contributed by atoms with Crippen LogP contribution in [0.5, 0.6) is 0 Å². The van der Waals surface area contributed by atoms with Crippen molar-refractivity contribution in [3.63, 3.8) is 0 Å². The van der Waals surface area contributed by atoms with E-state index in [4.69, 9.17) is 14.2 Å². The quantitative estimate of drug-likeness (QED) is 0.0351. The third kappa shape index (κ3) is 26.7. The molecule has 218 valence electrons. The topological polar surface area (TPSA) is 44.8 Å². The predicted molar refractivity (Wildman–Crippen MR) is 162 cm³/mol. The highest BCUT2D eigenvalue weighted by Gasteiger charge is 2.13. The first-order chi connectivity index (χ1) is 17.7. The molecule has 0 heterocycles. The largest absolute Gasteiger partial charge is 0.466 e. The fourth-order valence-electron chi connectivity index (χ4n) is 4.02. The summed E-state index contributed by atoms with van der Waals surface area (Å²) in [5.74, 6) is 1.19. The molecule has 0 aliphatic carbocycles. The van der Waals surface area contributed by atoms with Gasteiger partial charge in [0.25, 0.3) is 0 Å². The molecule has 0 aromatic carbocycles. The first-order valence-electron chi connectivity index (χ1n) is 15.0. The van der Waals surface area contributed by atoms with Crippen LogP contribution in [0.3, 0.4) is 0 Å². The normalized spacial score (nSPS) is 13.6. The van der Waals surface area contributed by atoms with Gasteiger partial charge < -0.3 is 14.2 Å². The van der Waals surface area contributed by atoms with Crippen LogP contribution in [-0.4, -0.2) is 37.4 Å². The number of hydrogen-bond donors (Lipinski definition) is 0. The molecular formula is C32H59BrO4. The van der Waals surface area contributed by atoms with Crippen molar-refractivity contribution in [3.05, 3.63) is 23.3 Å². The SMILES string of the molecule is CC(C)=CCCC(C)CCOC(CCCOC(=O)CCCCCCCBr)OCCC(C)CCC=C(C)C. The van der Waals surface area contributed by atoms with Gasteiger partial charge in [0, 0.05) is 31.4 Å². The molecule has 5 heteroatoms. The summed E-state index contributed by atoms with van der Waals surface area (Å²) in [6.45, 7) is 15.1. The third-order valence-electron chi connectivity index (χ3n) is 6.61. The Hall–Kier alpha value is -0.650. The molecule has 2 unspecified atom stereocenters. The molecule has 0 bridgehead atoms. The fourth-order valence-corrected chi connectivity index (χ4v) is 4.42. The summed E-state index contributed by atoms with van der Waals surface area (Å²) in [6.07, 6.45) is 18.9. The van der Waals surface area contributed by atoms with Crippen LogP contribution in [0.15, 0.2) is 23.3 Å². The van der Waals surface area contributed by atoms with Gasteiger partial charge in [-0.25, -0.2) is 0 Å². The molecule has 0 saturated heterocycles. The number of hydrogen-bond acceptors (Lipinski definition) is 4. The van der Waals surface area contributed by atoms with Gasteiger partial charge in [-0.1, -0.05) is 72.3 Å². The molecule has 0 rings (SSSR count). The fraction of sp³-hybridized carbons (Fsp3) is 0.844. The summed E-state index contributed by atoms with van der Waals surface area (Å²) in [6, 6.07) is 0. The van der Waals surface area contributed by atoms with Crippen molar-refractivity contribution in [2.45, 2.75) is 138 Å². The lowest BCUT2D eigenvalue weighted by molar-refractivity contribution is -0.155. The van der Waals surface area contributed by atoms with Crippen LogP contribution in [0.25, 0.3) is 0 Å². The highest BCUT2D eigenvalue weighted by atomic mass is 79.9. The van der Waals surface area contributed by atoms with Gasteiger partial charge in [0.05, 0.1) is 6.61 Å². The monoisotopic (exact) mass is 586 g/mol. The van der Waals surface area contributed by atoms with Crippen molar-refractivity contribution in [1.82, 2.24) is 0 Å². The molecule has 0 N–H and O–H groups in total. The van der Waals surface area contributed by atoms with Crippen molar-refractivity contribution in [2.75, 3.05) is 25.2 Å². The van der Waals surface area contributed by atoms with E-state index in [-0.39, 0.29) is 12.3 Å². The lowest BCUT2D eigenvalue weighted by atomic mass is 10.0. The molecule has 0 aromatic rings. The standard InChI is InChI=1S/C32H59BrO4/c1-27(2)15-12-17-29(5)21-25-36-32(37-26-22-30(6)18-13-16-28(3)4)20-14-24-35-31(34)19-10-8-7-9-11-23-33/h15-16,29-30,32H,7-14,17-26H2,1-6H3. The van der Waals surface area contributed by atoms with Crippen molar-refractivity contribution in [3.8, 4) is 0 Å². The van der Waals surface area contributed by atoms with Crippen molar-refractivity contribution < 1.29 is 19.0 Å². The van der Waals surface area contributed by atoms with Gasteiger partial charge in [0.1, 0.15) is 0 Å². The highest BCUT2D eigenvalue weighted by molar-refractivity contribution is 9.09. The second-order valence-corrected chi connectivity index (χ2v) is 12.0. The number of unbranched alkanes of at least 4 members (excludes halogenated alkanes) is 4. The molecule has 0 aliphatic heterocycles. The summed E-state index contributed by atoms with van der Waals surface area (Å²) in [4.78, 5) is 12.0. The van der Waals surface area contributed by atoms with Gasteiger partial charge >= 0.3 is 5.97 Å². The average molecular weight is 588 g/mol. The van der Waals surface area contributed by atoms with Crippen LogP contribution >= 0.6 is 15.9 Å². The number of allylic oxidation sites excluding steroid dienone is 4. The van der Waals surface area contributed by atoms with Gasteiger partial charge in [-0.05, 0) is 97.3 Å². The van der Waals surface area contributed by atoms with Crippen LogP contribution in [0.2, 0.25) is 0 Å². The molecule has 37 heavy (non-hydrogen) atoms. The predicted octanol–water partition coefficient (Wildman–Crippen LogP) is 9.95. The number of carbonyl (C=O) groups is 1. The zero-order chi connectivity index (χ0) is 27.7. The summed E-state index contributed by atoms with van der Waals surface area (Å²) >= 11 is 3.46. The minimum Gasteiger partial charge on any atom is -0.466 e. The van der Waals surface area contributed by atoms with Crippen LogP contribution in [0.1, 0.15) is 131 Å². The molecule has 0 aliphatic rings. The number of alkyl halides is 1. The number of halogens is 1. The molecule has 4 nitrogen and oxygen atoms in total. The van der Waals surface area contributed by atoms with Gasteiger partial charge in [-0.2, -0.15) is 0 Å². The summed E-state index contributed by atoms with van der Waals surface area (Å²) in [7, 11) is 0. The van der Waals surface area contributed by atoms with E-state index in [1.54, 1.807) is 0 Å². The lowest BCUT2D eigenvalue weighted by Gasteiger charge is -2.21. The Bertz CT molecular complexity index is 560. The van der Waals surface area contributed by atoms with Gasteiger partial charge in [-0.3, -0.25) is 4.79 Å². The van der Waals surface area contributed by atoms with E-state index < -0.39 is 0 Å². The second kappa shape index (κ2) is 25.6. The number of ether oxygens (including phenoxy) is 3. The zero-order valence-electron chi connectivity index (χ0n) is 25.1. The van der Waals surface area contributed by atoms with Gasteiger partial charge in [0.2, 0.25) is 0 Å². The van der Waals surface area contributed by atoms with Crippen molar-refractivity contribution in [1.29, 1.82) is 0 Å². The van der Waals surface area contributed by atoms with E-state index in [2.05, 4.69) is 69.6 Å². The van der Waals surface area contributed by atoms with Crippen molar-refractivity contribution >= 4 is 21.9 Å². The number of carbonyl (C=O) groups excluding carboxylic acids is 1. The van der Waals surface area contributed by atoms with Gasteiger partial charge in [0.15, 0.2) is 6.29 Å². The maximum Gasteiger partial charge on any atom is 0.305 e. The number of rotatable bonds is 25. The Morgan fingerprint density at radius 2 is 1.19 bits per heavy atom. The summed E-state index contributed by atoms with van der Waals surface area (Å²) in [5.41, 5.74) is 2.77. The molecule has 2 atom stereocenters. The third-order valence-corrected chi connectivity index (χ3v) is 7.18. The smallest absolute Gasteiger partial charge is 0.305 e. The van der Waals surface area contributed by atoms with Crippen LogP contribution in [0.4, 0.5) is 0 Å². The molecular weight excluding hydrogens is 528 g/mol. The minimum absolute atomic E-state index is 0.0748. The first-order valence-corrected chi connectivity index (χ1v) is 16.1. The first kappa shape index (κ1) is 36.4. The molecule has 0 saturated carbocycles. The summed E-state index contributed by atoms with van der Waals surface area (Å²) < 4.78 is 17.8. The van der Waals surface area contributed by atoms with E-state index in [1.165, 1.54) is 43.3 Å². The maximum atomic E-state index is 12.0. The Balaban J connectivity index is 4.32. The van der Waals surface area contributed by atoms with Crippen LogP contribution < -0.4 is 0 Å².